The Kier molecular flexibility index (Phi) is 5.51. The van der Waals surface area contributed by atoms with Gasteiger partial charge in [-0.3, -0.25) is 0 Å². The summed E-state index contributed by atoms with van der Waals surface area (Å²) >= 11 is 0. The smallest absolute Gasteiger partial charge is 0.132 e. The molecule has 1 heterocycles. The Morgan fingerprint density at radius 3 is 2.33 bits per heavy atom. The molecule has 0 atom stereocenters. The summed E-state index contributed by atoms with van der Waals surface area (Å²) in [7, 11) is 1.68. The Labute approximate surface area is 125 Å². The Morgan fingerprint density at radius 2 is 1.67 bits per heavy atom. The maximum absolute atomic E-state index is 5.02. The molecule has 5 heteroatoms. The number of methoxy groups -OCH3 is 1. The third kappa shape index (κ3) is 5.04. The van der Waals surface area contributed by atoms with Crippen LogP contribution in [-0.2, 0) is 11.3 Å². The second-order valence-electron chi connectivity index (χ2n) is 4.94. The van der Waals surface area contributed by atoms with Crippen LogP contribution in [0.2, 0.25) is 0 Å². The van der Waals surface area contributed by atoms with Crippen LogP contribution in [0.5, 0.6) is 0 Å². The van der Waals surface area contributed by atoms with Gasteiger partial charge < -0.3 is 15.4 Å². The second-order valence-corrected chi connectivity index (χ2v) is 4.94. The van der Waals surface area contributed by atoms with Gasteiger partial charge in [-0.2, -0.15) is 0 Å². The first-order chi connectivity index (χ1) is 10.2. The third-order valence-electron chi connectivity index (χ3n) is 3.04. The minimum atomic E-state index is 0.648. The quantitative estimate of drug-likeness (QED) is 0.766. The number of rotatable bonds is 7. The van der Waals surface area contributed by atoms with E-state index in [1.807, 2.05) is 13.0 Å². The predicted molar refractivity (Wildman–Crippen MR) is 85.6 cm³/mol. The van der Waals surface area contributed by atoms with E-state index in [-0.39, 0.29) is 0 Å². The number of hydrogen-bond donors (Lipinski definition) is 2. The molecule has 0 aliphatic rings. The van der Waals surface area contributed by atoms with Gasteiger partial charge in [0.1, 0.15) is 17.5 Å². The molecule has 0 bridgehead atoms. The molecular formula is C16H22N4O. The lowest BCUT2D eigenvalue weighted by molar-refractivity contribution is 0.210. The molecule has 2 N–H and O–H groups in total. The topological polar surface area (TPSA) is 59.1 Å². The molecule has 0 aliphatic heterocycles. The predicted octanol–water partition coefficient (Wildman–Crippen LogP) is 2.76. The lowest BCUT2D eigenvalue weighted by atomic mass is 10.1. The van der Waals surface area contributed by atoms with E-state index in [2.05, 4.69) is 51.8 Å². The van der Waals surface area contributed by atoms with Crippen LogP contribution in [0.25, 0.3) is 0 Å². The van der Waals surface area contributed by atoms with Crippen molar-refractivity contribution in [2.75, 3.05) is 30.9 Å². The number of ether oxygens (including phenoxy) is 1. The van der Waals surface area contributed by atoms with Gasteiger partial charge >= 0.3 is 0 Å². The van der Waals surface area contributed by atoms with E-state index in [1.165, 1.54) is 11.1 Å². The summed E-state index contributed by atoms with van der Waals surface area (Å²) in [6, 6.07) is 10.4. The maximum atomic E-state index is 5.02. The molecule has 0 spiro atoms. The summed E-state index contributed by atoms with van der Waals surface area (Å²) in [4.78, 5) is 8.76. The number of aryl methyl sites for hydroxylation is 2. The molecule has 1 aromatic carbocycles. The van der Waals surface area contributed by atoms with Gasteiger partial charge in [0.15, 0.2) is 0 Å². The molecule has 5 nitrogen and oxygen atoms in total. The van der Waals surface area contributed by atoms with E-state index in [4.69, 9.17) is 4.74 Å². The van der Waals surface area contributed by atoms with Crippen LogP contribution in [-0.4, -0.2) is 30.2 Å². The first-order valence-electron chi connectivity index (χ1n) is 7.05. The lowest BCUT2D eigenvalue weighted by Gasteiger charge is -2.10. The van der Waals surface area contributed by atoms with Gasteiger partial charge in [0, 0.05) is 26.3 Å². The van der Waals surface area contributed by atoms with Crippen LogP contribution in [0.4, 0.5) is 11.6 Å². The van der Waals surface area contributed by atoms with E-state index < -0.39 is 0 Å². The standard InChI is InChI=1S/C16H22N4O/c1-12-4-6-14(7-5-12)11-18-16-10-15(17-8-9-21-3)19-13(2)20-16/h4-7,10H,8-9,11H2,1-3H3,(H2,17,18,19,20). The molecule has 0 aliphatic carbocycles. The van der Waals surface area contributed by atoms with Crippen LogP contribution in [0.15, 0.2) is 30.3 Å². The summed E-state index contributed by atoms with van der Waals surface area (Å²) in [6.45, 7) is 6.09. The molecule has 0 radical (unpaired) electrons. The van der Waals surface area contributed by atoms with Gasteiger partial charge in [0.05, 0.1) is 6.61 Å². The number of benzene rings is 1. The number of aromatic nitrogens is 2. The largest absolute Gasteiger partial charge is 0.383 e. The molecule has 1 aromatic heterocycles. The fourth-order valence-corrected chi connectivity index (χ4v) is 1.93. The van der Waals surface area contributed by atoms with Crippen LogP contribution < -0.4 is 10.6 Å². The summed E-state index contributed by atoms with van der Waals surface area (Å²) in [5, 5.41) is 6.55. The highest BCUT2D eigenvalue weighted by Crippen LogP contribution is 2.12. The molecule has 0 amide bonds. The normalized spacial score (nSPS) is 10.4. The van der Waals surface area contributed by atoms with Crippen LogP contribution >= 0.6 is 0 Å². The zero-order valence-electron chi connectivity index (χ0n) is 12.8. The molecule has 0 saturated heterocycles. The molecule has 0 fully saturated rings. The summed E-state index contributed by atoms with van der Waals surface area (Å²) in [6.07, 6.45) is 0. The molecule has 2 aromatic rings. The first kappa shape index (κ1) is 15.3. The van der Waals surface area contributed by atoms with E-state index in [0.717, 1.165) is 30.5 Å². The molecule has 0 unspecified atom stereocenters. The van der Waals surface area contributed by atoms with Crippen molar-refractivity contribution < 1.29 is 4.74 Å². The fourth-order valence-electron chi connectivity index (χ4n) is 1.93. The molecule has 112 valence electrons. The zero-order chi connectivity index (χ0) is 15.1. The van der Waals surface area contributed by atoms with Crippen molar-refractivity contribution in [2.24, 2.45) is 0 Å². The monoisotopic (exact) mass is 286 g/mol. The van der Waals surface area contributed by atoms with Crippen molar-refractivity contribution in [3.05, 3.63) is 47.3 Å². The summed E-state index contributed by atoms with van der Waals surface area (Å²) in [5.74, 6) is 2.37. The summed E-state index contributed by atoms with van der Waals surface area (Å²) < 4.78 is 5.02. The highest BCUT2D eigenvalue weighted by atomic mass is 16.5. The van der Waals surface area contributed by atoms with Crippen molar-refractivity contribution >= 4 is 11.6 Å². The lowest BCUT2D eigenvalue weighted by Crippen LogP contribution is -2.11. The van der Waals surface area contributed by atoms with Gasteiger partial charge in [0.2, 0.25) is 0 Å². The Morgan fingerprint density at radius 1 is 1.00 bits per heavy atom. The minimum absolute atomic E-state index is 0.648. The number of nitrogens with zero attached hydrogens (tertiary/aromatic N) is 2. The van der Waals surface area contributed by atoms with Crippen LogP contribution in [0.1, 0.15) is 17.0 Å². The molecule has 0 saturated carbocycles. The Hall–Kier alpha value is -2.14. The SMILES string of the molecule is COCCNc1cc(NCc2ccc(C)cc2)nc(C)n1. The zero-order valence-corrected chi connectivity index (χ0v) is 12.8. The van der Waals surface area contributed by atoms with Crippen LogP contribution in [0.3, 0.4) is 0 Å². The average molecular weight is 286 g/mol. The van der Waals surface area contributed by atoms with Crippen molar-refractivity contribution in [3.63, 3.8) is 0 Å². The highest BCUT2D eigenvalue weighted by Gasteiger charge is 2.02. The Balaban J connectivity index is 1.97. The van der Waals surface area contributed by atoms with Crippen molar-refractivity contribution in [1.29, 1.82) is 0 Å². The fraction of sp³-hybridized carbons (Fsp3) is 0.375. The third-order valence-corrected chi connectivity index (χ3v) is 3.04. The van der Waals surface area contributed by atoms with Crippen molar-refractivity contribution in [1.82, 2.24) is 9.97 Å². The van der Waals surface area contributed by atoms with E-state index in [9.17, 15) is 0 Å². The van der Waals surface area contributed by atoms with Gasteiger partial charge in [-0.25, -0.2) is 9.97 Å². The summed E-state index contributed by atoms with van der Waals surface area (Å²) in [5.41, 5.74) is 2.49. The van der Waals surface area contributed by atoms with E-state index in [0.29, 0.717) is 6.61 Å². The maximum Gasteiger partial charge on any atom is 0.132 e. The van der Waals surface area contributed by atoms with Crippen molar-refractivity contribution in [2.45, 2.75) is 20.4 Å². The molecule has 2 rings (SSSR count). The van der Waals surface area contributed by atoms with Gasteiger partial charge in [-0.15, -0.1) is 0 Å². The minimum Gasteiger partial charge on any atom is -0.383 e. The van der Waals surface area contributed by atoms with Gasteiger partial charge in [-0.1, -0.05) is 29.8 Å². The molecule has 21 heavy (non-hydrogen) atoms. The van der Waals surface area contributed by atoms with Crippen molar-refractivity contribution in [3.8, 4) is 0 Å². The van der Waals surface area contributed by atoms with Gasteiger partial charge in [0.25, 0.3) is 0 Å². The molecular weight excluding hydrogens is 264 g/mol. The van der Waals surface area contributed by atoms with Crippen LogP contribution in [0, 0.1) is 13.8 Å². The van der Waals surface area contributed by atoms with E-state index in [1.54, 1.807) is 7.11 Å². The number of hydrogen-bond acceptors (Lipinski definition) is 5. The second kappa shape index (κ2) is 7.59. The Bertz CT molecular complexity index is 569. The number of anilines is 2. The number of nitrogens with one attached hydrogen (secondary N) is 2. The first-order valence-corrected chi connectivity index (χ1v) is 7.05. The average Bonchev–Trinajstić information content (AvgIpc) is 2.46. The highest BCUT2D eigenvalue weighted by molar-refractivity contribution is 5.47. The van der Waals surface area contributed by atoms with E-state index >= 15 is 0 Å². The van der Waals surface area contributed by atoms with Gasteiger partial charge in [-0.05, 0) is 19.4 Å².